The SMILES string of the molecule is CC1(C)CCCC(C#N)(O[Si](C)(C)C)CC1. The Kier molecular flexibility index (Phi) is 3.86. The third-order valence-corrected chi connectivity index (χ3v) is 4.35. The maximum absolute atomic E-state index is 9.45. The van der Waals surface area contributed by atoms with Crippen molar-refractivity contribution in [2.24, 2.45) is 5.41 Å². The average Bonchev–Trinajstić information content (AvgIpc) is 2.24. The molecule has 0 aliphatic heterocycles. The number of hydrogen-bond acceptors (Lipinski definition) is 2. The van der Waals surface area contributed by atoms with Crippen LogP contribution in [0.2, 0.25) is 19.6 Å². The molecule has 0 aromatic heterocycles. The summed E-state index contributed by atoms with van der Waals surface area (Å²) in [6.07, 6.45) is 5.25. The molecule has 92 valence electrons. The van der Waals surface area contributed by atoms with Crippen LogP contribution in [-0.2, 0) is 4.43 Å². The highest BCUT2D eigenvalue weighted by Crippen LogP contribution is 2.40. The van der Waals surface area contributed by atoms with Crippen molar-refractivity contribution in [2.45, 2.75) is 71.2 Å². The van der Waals surface area contributed by atoms with Gasteiger partial charge in [-0.25, -0.2) is 0 Å². The van der Waals surface area contributed by atoms with Crippen LogP contribution >= 0.6 is 0 Å². The van der Waals surface area contributed by atoms with Crippen molar-refractivity contribution < 1.29 is 4.43 Å². The molecule has 0 N–H and O–H groups in total. The maximum atomic E-state index is 9.45. The minimum absolute atomic E-state index is 0.376. The van der Waals surface area contributed by atoms with Crippen LogP contribution in [0.4, 0.5) is 0 Å². The van der Waals surface area contributed by atoms with E-state index in [1.807, 2.05) is 0 Å². The Morgan fingerprint density at radius 2 is 1.69 bits per heavy atom. The van der Waals surface area contributed by atoms with E-state index >= 15 is 0 Å². The van der Waals surface area contributed by atoms with Crippen LogP contribution in [0.3, 0.4) is 0 Å². The molecule has 0 spiro atoms. The standard InChI is InChI=1S/C13H25NOSi/c1-12(2)7-6-8-13(11-14,10-9-12)15-16(3,4)5/h6-10H2,1-5H3. The Labute approximate surface area is 101 Å². The molecular formula is C13H25NOSi. The van der Waals surface area contributed by atoms with Crippen molar-refractivity contribution in [3.05, 3.63) is 0 Å². The maximum Gasteiger partial charge on any atom is 0.185 e. The van der Waals surface area contributed by atoms with Gasteiger partial charge in [0.05, 0.1) is 6.07 Å². The topological polar surface area (TPSA) is 33.0 Å². The highest BCUT2D eigenvalue weighted by Gasteiger charge is 2.39. The lowest BCUT2D eigenvalue weighted by Crippen LogP contribution is -2.41. The molecular weight excluding hydrogens is 214 g/mol. The molecule has 0 heterocycles. The van der Waals surface area contributed by atoms with Gasteiger partial charge in [-0.1, -0.05) is 13.8 Å². The average molecular weight is 239 g/mol. The number of nitrogens with zero attached hydrogens (tertiary/aromatic N) is 1. The van der Waals surface area contributed by atoms with Crippen LogP contribution in [-0.4, -0.2) is 13.9 Å². The fourth-order valence-corrected chi connectivity index (χ4v) is 3.89. The normalized spacial score (nSPS) is 30.5. The zero-order valence-corrected chi connectivity index (χ0v) is 12.4. The first-order chi connectivity index (χ1) is 7.18. The number of hydrogen-bond donors (Lipinski definition) is 0. The van der Waals surface area contributed by atoms with E-state index in [2.05, 4.69) is 39.6 Å². The van der Waals surface area contributed by atoms with Gasteiger partial charge in [0.1, 0.15) is 5.60 Å². The molecule has 1 saturated carbocycles. The molecule has 16 heavy (non-hydrogen) atoms. The van der Waals surface area contributed by atoms with E-state index in [1.165, 1.54) is 6.42 Å². The summed E-state index contributed by atoms with van der Waals surface area (Å²) in [6.45, 7) is 11.1. The smallest absolute Gasteiger partial charge is 0.185 e. The summed E-state index contributed by atoms with van der Waals surface area (Å²) in [5, 5.41) is 9.45. The molecule has 0 bridgehead atoms. The van der Waals surface area contributed by atoms with Gasteiger partial charge in [-0.15, -0.1) is 0 Å². The molecule has 1 aliphatic rings. The molecule has 0 amide bonds. The van der Waals surface area contributed by atoms with Gasteiger partial charge in [0.15, 0.2) is 8.32 Å². The molecule has 0 aromatic carbocycles. The van der Waals surface area contributed by atoms with Gasteiger partial charge in [-0.2, -0.15) is 5.26 Å². The lowest BCUT2D eigenvalue weighted by molar-refractivity contribution is 0.0985. The largest absolute Gasteiger partial charge is 0.400 e. The summed E-state index contributed by atoms with van der Waals surface area (Å²) in [5.41, 5.74) is -0.111. The summed E-state index contributed by atoms with van der Waals surface area (Å²) < 4.78 is 6.17. The second-order valence-electron chi connectivity index (χ2n) is 6.84. The summed E-state index contributed by atoms with van der Waals surface area (Å²) in [6, 6.07) is 2.46. The van der Waals surface area contributed by atoms with E-state index in [0.717, 1.165) is 25.7 Å². The van der Waals surface area contributed by atoms with Crippen molar-refractivity contribution in [3.63, 3.8) is 0 Å². The van der Waals surface area contributed by atoms with Gasteiger partial charge < -0.3 is 4.43 Å². The van der Waals surface area contributed by atoms with Crippen molar-refractivity contribution in [3.8, 4) is 6.07 Å². The van der Waals surface area contributed by atoms with Crippen molar-refractivity contribution in [1.29, 1.82) is 5.26 Å². The molecule has 0 saturated heterocycles. The Bertz CT molecular complexity index is 287. The van der Waals surface area contributed by atoms with E-state index in [1.54, 1.807) is 0 Å². The molecule has 0 aromatic rings. The molecule has 1 unspecified atom stereocenters. The van der Waals surface area contributed by atoms with Crippen molar-refractivity contribution >= 4 is 8.32 Å². The summed E-state index contributed by atoms with van der Waals surface area (Å²) >= 11 is 0. The Morgan fingerprint density at radius 3 is 2.19 bits per heavy atom. The van der Waals surface area contributed by atoms with Crippen LogP contribution in [0.5, 0.6) is 0 Å². The van der Waals surface area contributed by atoms with E-state index in [-0.39, 0.29) is 0 Å². The minimum Gasteiger partial charge on any atom is -0.400 e. The third-order valence-electron chi connectivity index (χ3n) is 3.35. The fraction of sp³-hybridized carbons (Fsp3) is 0.923. The summed E-state index contributed by atoms with van der Waals surface area (Å²) in [7, 11) is -1.63. The van der Waals surface area contributed by atoms with E-state index in [0.29, 0.717) is 5.41 Å². The Hall–Kier alpha value is -0.333. The lowest BCUT2D eigenvalue weighted by Gasteiger charge is -2.33. The first-order valence-electron chi connectivity index (χ1n) is 6.30. The highest BCUT2D eigenvalue weighted by molar-refractivity contribution is 6.69. The van der Waals surface area contributed by atoms with Crippen molar-refractivity contribution in [2.75, 3.05) is 0 Å². The monoisotopic (exact) mass is 239 g/mol. The highest BCUT2D eigenvalue weighted by atomic mass is 28.4. The molecule has 1 rings (SSSR count). The van der Waals surface area contributed by atoms with Gasteiger partial charge >= 0.3 is 0 Å². The minimum atomic E-state index is -1.63. The molecule has 1 fully saturated rings. The van der Waals surface area contributed by atoms with Crippen LogP contribution in [0.15, 0.2) is 0 Å². The first kappa shape index (κ1) is 13.7. The molecule has 0 radical (unpaired) electrons. The molecule has 3 heteroatoms. The Balaban J connectivity index is 2.78. The zero-order valence-electron chi connectivity index (χ0n) is 11.4. The number of rotatable bonds is 2. The van der Waals surface area contributed by atoms with Gasteiger partial charge in [-0.3, -0.25) is 0 Å². The predicted octanol–water partition coefficient (Wildman–Crippen LogP) is 4.09. The first-order valence-corrected chi connectivity index (χ1v) is 9.70. The summed E-state index contributed by atoms with van der Waals surface area (Å²) in [5.74, 6) is 0. The fourth-order valence-electron chi connectivity index (χ4n) is 2.47. The molecule has 2 nitrogen and oxygen atoms in total. The van der Waals surface area contributed by atoms with Crippen LogP contribution < -0.4 is 0 Å². The second-order valence-corrected chi connectivity index (χ2v) is 11.3. The van der Waals surface area contributed by atoms with Crippen molar-refractivity contribution in [1.82, 2.24) is 0 Å². The molecule has 1 atom stereocenters. The summed E-state index contributed by atoms with van der Waals surface area (Å²) in [4.78, 5) is 0. The second kappa shape index (κ2) is 4.50. The van der Waals surface area contributed by atoms with Gasteiger partial charge in [0.2, 0.25) is 0 Å². The number of nitriles is 1. The zero-order chi connectivity index (χ0) is 12.4. The molecule has 1 aliphatic carbocycles. The van der Waals surface area contributed by atoms with Gasteiger partial charge in [-0.05, 0) is 57.2 Å². The Morgan fingerprint density at radius 1 is 1.06 bits per heavy atom. The van der Waals surface area contributed by atoms with Crippen LogP contribution in [0.1, 0.15) is 46.0 Å². The quantitative estimate of drug-likeness (QED) is 0.537. The third kappa shape index (κ3) is 3.91. The van der Waals surface area contributed by atoms with E-state index in [9.17, 15) is 5.26 Å². The van der Waals surface area contributed by atoms with Gasteiger partial charge in [0, 0.05) is 0 Å². The predicted molar refractivity (Wildman–Crippen MR) is 69.6 cm³/mol. The van der Waals surface area contributed by atoms with E-state index in [4.69, 9.17) is 4.43 Å². The van der Waals surface area contributed by atoms with Crippen LogP contribution in [0, 0.1) is 16.7 Å². The van der Waals surface area contributed by atoms with Crippen LogP contribution in [0.25, 0.3) is 0 Å². The van der Waals surface area contributed by atoms with E-state index < -0.39 is 13.9 Å². The lowest BCUT2D eigenvalue weighted by atomic mass is 9.84. The van der Waals surface area contributed by atoms with Gasteiger partial charge in [0.25, 0.3) is 0 Å².